The van der Waals surface area contributed by atoms with E-state index in [1.54, 1.807) is 0 Å². The van der Waals surface area contributed by atoms with E-state index in [0.29, 0.717) is 0 Å². The van der Waals surface area contributed by atoms with Crippen LogP contribution < -0.4 is 0 Å². The molecule has 1 aliphatic carbocycles. The van der Waals surface area contributed by atoms with Gasteiger partial charge in [0.2, 0.25) is 0 Å². The van der Waals surface area contributed by atoms with Crippen LogP contribution in [0.2, 0.25) is 0 Å². The summed E-state index contributed by atoms with van der Waals surface area (Å²) in [6, 6.07) is 0. The molecule has 0 heterocycles. The topological polar surface area (TPSA) is 57.8 Å². The Balaban J connectivity index is 0.000001000. The van der Waals surface area contributed by atoms with Gasteiger partial charge < -0.3 is 10.2 Å². The highest BCUT2D eigenvalue weighted by Gasteiger charge is 2.20. The molecule has 2 N–H and O–H groups in total. The molecule has 0 radical (unpaired) electrons. The first-order chi connectivity index (χ1) is 4.84. The van der Waals surface area contributed by atoms with Gasteiger partial charge in [0.05, 0.1) is 13.0 Å². The van der Waals surface area contributed by atoms with E-state index in [2.05, 4.69) is 4.74 Å². The molecule has 0 unspecified atom stereocenters. The minimum absolute atomic E-state index is 0. The fraction of sp³-hybridized carbons (Fsp3) is 0.875. The minimum atomic E-state index is -0.0142. The van der Waals surface area contributed by atoms with E-state index < -0.39 is 0 Å². The van der Waals surface area contributed by atoms with Crippen molar-refractivity contribution in [3.05, 3.63) is 0 Å². The molecule has 0 aromatic rings. The molecule has 0 bridgehead atoms. The van der Waals surface area contributed by atoms with Gasteiger partial charge in [0.1, 0.15) is 0 Å². The average Bonchev–Trinajstić information content (AvgIpc) is 2.05. The summed E-state index contributed by atoms with van der Waals surface area (Å²) in [7, 11) is 1.47. The summed E-state index contributed by atoms with van der Waals surface area (Å²) in [6.45, 7) is 0. The van der Waals surface area contributed by atoms with Crippen molar-refractivity contribution in [2.75, 3.05) is 7.11 Å². The lowest BCUT2D eigenvalue weighted by Gasteiger charge is -2.18. The second-order valence-corrected chi connectivity index (χ2v) is 2.86. The van der Waals surface area contributed by atoms with Crippen molar-refractivity contribution in [3.8, 4) is 0 Å². The van der Waals surface area contributed by atoms with Crippen LogP contribution in [0.15, 0.2) is 0 Å². The van der Waals surface area contributed by atoms with Crippen LogP contribution in [0.1, 0.15) is 32.1 Å². The Morgan fingerprint density at radius 1 is 1.27 bits per heavy atom. The third-order valence-corrected chi connectivity index (χ3v) is 2.14. The van der Waals surface area contributed by atoms with Crippen LogP contribution in [0.4, 0.5) is 0 Å². The largest absolute Gasteiger partial charge is 0.469 e. The third kappa shape index (κ3) is 2.89. The van der Waals surface area contributed by atoms with Gasteiger partial charge >= 0.3 is 5.97 Å². The highest BCUT2D eigenvalue weighted by atomic mass is 16.5. The zero-order valence-electron chi connectivity index (χ0n) is 6.93. The van der Waals surface area contributed by atoms with Gasteiger partial charge in [-0.25, -0.2) is 0 Å². The standard InChI is InChI=1S/C8H14O2.H2O/c1-10-8(9)7-5-3-2-4-6-7;/h7H,2-6H2,1H3;1H2. The molecule has 0 aliphatic heterocycles. The van der Waals surface area contributed by atoms with Crippen molar-refractivity contribution >= 4 is 5.97 Å². The number of ether oxygens (including phenoxy) is 1. The lowest BCUT2D eigenvalue weighted by molar-refractivity contribution is -0.146. The van der Waals surface area contributed by atoms with Crippen LogP contribution in [0.3, 0.4) is 0 Å². The number of rotatable bonds is 1. The molecule has 11 heavy (non-hydrogen) atoms. The Hall–Kier alpha value is -0.570. The van der Waals surface area contributed by atoms with E-state index in [-0.39, 0.29) is 17.4 Å². The van der Waals surface area contributed by atoms with Crippen LogP contribution in [0.25, 0.3) is 0 Å². The van der Waals surface area contributed by atoms with Gasteiger partial charge in [0.25, 0.3) is 0 Å². The van der Waals surface area contributed by atoms with Gasteiger partial charge in [-0.05, 0) is 12.8 Å². The van der Waals surface area contributed by atoms with Crippen molar-refractivity contribution in [1.29, 1.82) is 0 Å². The van der Waals surface area contributed by atoms with E-state index >= 15 is 0 Å². The fourth-order valence-corrected chi connectivity index (χ4v) is 1.50. The molecule has 1 rings (SSSR count). The Bertz CT molecular complexity index is 117. The molecule has 1 fully saturated rings. The number of esters is 1. The van der Waals surface area contributed by atoms with E-state index in [4.69, 9.17) is 0 Å². The molecule has 66 valence electrons. The summed E-state index contributed by atoms with van der Waals surface area (Å²) in [6.07, 6.45) is 5.74. The normalized spacial score (nSPS) is 18.6. The second kappa shape index (κ2) is 5.13. The number of carbonyl (C=O) groups is 1. The molecule has 0 saturated heterocycles. The summed E-state index contributed by atoms with van der Waals surface area (Å²) in [4.78, 5) is 10.9. The van der Waals surface area contributed by atoms with Crippen LogP contribution >= 0.6 is 0 Å². The zero-order valence-corrected chi connectivity index (χ0v) is 6.93. The van der Waals surface area contributed by atoms with Gasteiger partial charge in [-0.3, -0.25) is 4.79 Å². The second-order valence-electron chi connectivity index (χ2n) is 2.86. The molecule has 1 saturated carbocycles. The predicted octanol–water partition coefficient (Wildman–Crippen LogP) is 0.915. The Kier molecular flexibility index (Phi) is 4.86. The van der Waals surface area contributed by atoms with Crippen molar-refractivity contribution in [1.82, 2.24) is 0 Å². The molecule has 3 heteroatoms. The molecule has 0 atom stereocenters. The molecule has 1 aliphatic rings. The van der Waals surface area contributed by atoms with Crippen molar-refractivity contribution in [2.24, 2.45) is 5.92 Å². The zero-order chi connectivity index (χ0) is 7.40. The number of carbonyl (C=O) groups excluding carboxylic acids is 1. The maximum Gasteiger partial charge on any atom is 0.308 e. The smallest absolute Gasteiger partial charge is 0.308 e. The summed E-state index contributed by atoms with van der Waals surface area (Å²) in [5.41, 5.74) is 0. The fourth-order valence-electron chi connectivity index (χ4n) is 1.50. The number of hydrogen-bond donors (Lipinski definition) is 0. The number of methoxy groups -OCH3 is 1. The molecule has 0 spiro atoms. The summed E-state index contributed by atoms with van der Waals surface area (Å²) in [5, 5.41) is 0. The van der Waals surface area contributed by atoms with Crippen LogP contribution in [-0.4, -0.2) is 18.6 Å². The van der Waals surface area contributed by atoms with Gasteiger partial charge in [-0.15, -0.1) is 0 Å². The SMILES string of the molecule is COC(=O)C1CCCCC1.O. The first-order valence-corrected chi connectivity index (χ1v) is 3.92. The third-order valence-electron chi connectivity index (χ3n) is 2.14. The molecular formula is C8H16O3. The summed E-state index contributed by atoms with van der Waals surface area (Å²) in [5.74, 6) is 0.193. The van der Waals surface area contributed by atoms with E-state index in [1.807, 2.05) is 0 Å². The van der Waals surface area contributed by atoms with Gasteiger partial charge in [-0.2, -0.15) is 0 Å². The maximum absolute atomic E-state index is 10.9. The van der Waals surface area contributed by atoms with Crippen molar-refractivity contribution in [3.63, 3.8) is 0 Å². The monoisotopic (exact) mass is 160 g/mol. The molecule has 0 amide bonds. The van der Waals surface area contributed by atoms with E-state index in [0.717, 1.165) is 12.8 Å². The molecular weight excluding hydrogens is 144 g/mol. The molecule has 0 aromatic carbocycles. The Morgan fingerprint density at radius 2 is 1.82 bits per heavy atom. The van der Waals surface area contributed by atoms with Crippen LogP contribution in [0, 0.1) is 5.92 Å². The maximum atomic E-state index is 10.9. The highest BCUT2D eigenvalue weighted by Crippen LogP contribution is 2.24. The highest BCUT2D eigenvalue weighted by molar-refractivity contribution is 5.72. The predicted molar refractivity (Wildman–Crippen MR) is 42.2 cm³/mol. The van der Waals surface area contributed by atoms with Crippen LogP contribution in [-0.2, 0) is 9.53 Å². The average molecular weight is 160 g/mol. The molecule has 3 nitrogen and oxygen atoms in total. The van der Waals surface area contributed by atoms with E-state index in [1.165, 1.54) is 26.4 Å². The summed E-state index contributed by atoms with van der Waals surface area (Å²) >= 11 is 0. The number of hydrogen-bond acceptors (Lipinski definition) is 2. The summed E-state index contributed by atoms with van der Waals surface area (Å²) < 4.78 is 4.65. The van der Waals surface area contributed by atoms with Gasteiger partial charge in [0.15, 0.2) is 0 Å². The van der Waals surface area contributed by atoms with Crippen molar-refractivity contribution < 1.29 is 15.0 Å². The van der Waals surface area contributed by atoms with Crippen LogP contribution in [0.5, 0.6) is 0 Å². The Labute approximate surface area is 67.0 Å². The van der Waals surface area contributed by atoms with Crippen molar-refractivity contribution in [2.45, 2.75) is 32.1 Å². The first-order valence-electron chi connectivity index (χ1n) is 3.92. The first kappa shape index (κ1) is 10.4. The quantitative estimate of drug-likeness (QED) is 0.535. The minimum Gasteiger partial charge on any atom is -0.469 e. The van der Waals surface area contributed by atoms with Gasteiger partial charge in [-0.1, -0.05) is 19.3 Å². The Morgan fingerprint density at radius 3 is 2.27 bits per heavy atom. The lowest BCUT2D eigenvalue weighted by atomic mass is 9.89. The molecule has 0 aromatic heterocycles. The lowest BCUT2D eigenvalue weighted by Crippen LogP contribution is -2.18. The van der Waals surface area contributed by atoms with Gasteiger partial charge in [0, 0.05) is 0 Å². The van der Waals surface area contributed by atoms with E-state index in [9.17, 15) is 4.79 Å².